The van der Waals surface area contributed by atoms with Crippen molar-refractivity contribution in [3.8, 4) is 0 Å². The van der Waals surface area contributed by atoms with Gasteiger partial charge in [0.15, 0.2) is 0 Å². The van der Waals surface area contributed by atoms with Crippen LogP contribution in [0.1, 0.15) is 17.7 Å². The molecule has 1 aromatic carbocycles. The number of nitrogens with one attached hydrogen (secondary N) is 1. The first-order valence-electron chi connectivity index (χ1n) is 7.48. The smallest absolute Gasteiger partial charge is 0.0537 e. The van der Waals surface area contributed by atoms with Crippen LogP contribution >= 0.6 is 0 Å². The Morgan fingerprint density at radius 1 is 1.19 bits per heavy atom. The molecule has 21 heavy (non-hydrogen) atoms. The van der Waals surface area contributed by atoms with Crippen LogP contribution < -0.4 is 5.32 Å². The summed E-state index contributed by atoms with van der Waals surface area (Å²) >= 11 is 0. The fourth-order valence-electron chi connectivity index (χ4n) is 2.65. The molecule has 0 radical (unpaired) electrons. The van der Waals surface area contributed by atoms with Crippen molar-refractivity contribution in [3.63, 3.8) is 0 Å². The van der Waals surface area contributed by atoms with Gasteiger partial charge >= 0.3 is 0 Å². The first-order valence-corrected chi connectivity index (χ1v) is 7.48. The summed E-state index contributed by atoms with van der Waals surface area (Å²) in [5, 5.41) is 9.08. The molecule has 3 rings (SSSR count). The van der Waals surface area contributed by atoms with Crippen LogP contribution in [0.25, 0.3) is 10.9 Å². The molecule has 0 aliphatic heterocycles. The third-order valence-corrected chi connectivity index (χ3v) is 4.09. The summed E-state index contributed by atoms with van der Waals surface area (Å²) in [6, 6.07) is 10.7. The molecule has 2 aromatic heterocycles. The van der Waals surface area contributed by atoms with Crippen LogP contribution in [0.2, 0.25) is 0 Å². The molecular formula is C17H22N4. The van der Waals surface area contributed by atoms with E-state index in [2.05, 4.69) is 58.4 Å². The van der Waals surface area contributed by atoms with Gasteiger partial charge in [0.2, 0.25) is 0 Å². The summed E-state index contributed by atoms with van der Waals surface area (Å²) in [6.45, 7) is 5.06. The van der Waals surface area contributed by atoms with Crippen molar-refractivity contribution < 1.29 is 0 Å². The highest BCUT2D eigenvalue weighted by Gasteiger charge is 2.03. The van der Waals surface area contributed by atoms with E-state index in [0.717, 1.165) is 26.1 Å². The van der Waals surface area contributed by atoms with Gasteiger partial charge in [-0.05, 0) is 37.4 Å². The van der Waals surface area contributed by atoms with E-state index in [1.165, 1.54) is 22.2 Å². The molecule has 2 heterocycles. The van der Waals surface area contributed by atoms with Gasteiger partial charge in [0.25, 0.3) is 0 Å². The number of benzene rings is 1. The van der Waals surface area contributed by atoms with Gasteiger partial charge in [0.1, 0.15) is 0 Å². The summed E-state index contributed by atoms with van der Waals surface area (Å²) < 4.78 is 4.25. The van der Waals surface area contributed by atoms with Crippen molar-refractivity contribution in [1.82, 2.24) is 19.7 Å². The van der Waals surface area contributed by atoms with E-state index in [0.29, 0.717) is 0 Å². The molecular weight excluding hydrogens is 260 g/mol. The van der Waals surface area contributed by atoms with Crippen LogP contribution in [0.3, 0.4) is 0 Å². The van der Waals surface area contributed by atoms with E-state index >= 15 is 0 Å². The van der Waals surface area contributed by atoms with Gasteiger partial charge in [0, 0.05) is 43.1 Å². The molecule has 1 N–H and O–H groups in total. The van der Waals surface area contributed by atoms with Crippen LogP contribution in [0.4, 0.5) is 0 Å². The highest BCUT2D eigenvalue weighted by atomic mass is 15.3. The lowest BCUT2D eigenvalue weighted by atomic mass is 10.2. The van der Waals surface area contributed by atoms with E-state index in [4.69, 9.17) is 0 Å². The molecule has 0 bridgehead atoms. The Morgan fingerprint density at radius 3 is 2.86 bits per heavy atom. The third kappa shape index (κ3) is 3.00. The molecule has 4 heteroatoms. The maximum absolute atomic E-state index is 4.26. The molecule has 3 aromatic rings. The normalized spacial score (nSPS) is 11.3. The SMILES string of the molecule is Cc1c(CNCCCn2ccc3ccccc32)cnn1C. The molecule has 0 atom stereocenters. The summed E-state index contributed by atoms with van der Waals surface area (Å²) in [6.07, 6.45) is 5.25. The van der Waals surface area contributed by atoms with Crippen molar-refractivity contribution in [2.24, 2.45) is 7.05 Å². The van der Waals surface area contributed by atoms with Crippen LogP contribution in [-0.2, 0) is 20.1 Å². The Kier molecular flexibility index (Phi) is 4.06. The lowest BCUT2D eigenvalue weighted by Crippen LogP contribution is -2.16. The maximum atomic E-state index is 4.26. The summed E-state index contributed by atoms with van der Waals surface area (Å²) in [5.41, 5.74) is 3.84. The van der Waals surface area contributed by atoms with Gasteiger partial charge < -0.3 is 9.88 Å². The number of para-hydroxylation sites is 1. The highest BCUT2D eigenvalue weighted by molar-refractivity contribution is 5.79. The average molecular weight is 282 g/mol. The minimum Gasteiger partial charge on any atom is -0.347 e. The van der Waals surface area contributed by atoms with Crippen molar-refractivity contribution in [3.05, 3.63) is 54.0 Å². The highest BCUT2D eigenvalue weighted by Crippen LogP contribution is 2.15. The van der Waals surface area contributed by atoms with Gasteiger partial charge in [-0.1, -0.05) is 18.2 Å². The lowest BCUT2D eigenvalue weighted by Gasteiger charge is -2.07. The number of hydrogen-bond acceptors (Lipinski definition) is 2. The van der Waals surface area contributed by atoms with E-state index in [9.17, 15) is 0 Å². The summed E-state index contributed by atoms with van der Waals surface area (Å²) in [4.78, 5) is 0. The summed E-state index contributed by atoms with van der Waals surface area (Å²) in [5.74, 6) is 0. The van der Waals surface area contributed by atoms with Gasteiger partial charge in [-0.25, -0.2) is 0 Å². The second-order valence-electron chi connectivity index (χ2n) is 5.48. The second-order valence-corrected chi connectivity index (χ2v) is 5.48. The van der Waals surface area contributed by atoms with Crippen molar-refractivity contribution in [1.29, 1.82) is 0 Å². The Hall–Kier alpha value is -2.07. The molecule has 0 saturated carbocycles. The van der Waals surface area contributed by atoms with E-state index in [1.54, 1.807) is 0 Å². The number of nitrogens with zero attached hydrogens (tertiary/aromatic N) is 3. The first kappa shape index (κ1) is 13.9. The number of aryl methyl sites for hydroxylation is 2. The quantitative estimate of drug-likeness (QED) is 0.706. The third-order valence-electron chi connectivity index (χ3n) is 4.09. The van der Waals surface area contributed by atoms with Crippen molar-refractivity contribution in [2.45, 2.75) is 26.4 Å². The molecule has 0 amide bonds. The number of aromatic nitrogens is 3. The zero-order chi connectivity index (χ0) is 14.7. The molecule has 0 aliphatic rings. The monoisotopic (exact) mass is 282 g/mol. The predicted molar refractivity (Wildman–Crippen MR) is 86.2 cm³/mol. The average Bonchev–Trinajstić information content (AvgIpc) is 3.05. The fraction of sp³-hybridized carbons (Fsp3) is 0.353. The van der Waals surface area contributed by atoms with Crippen LogP contribution in [0.5, 0.6) is 0 Å². The largest absolute Gasteiger partial charge is 0.347 e. The van der Waals surface area contributed by atoms with Crippen LogP contribution in [-0.4, -0.2) is 20.9 Å². The van der Waals surface area contributed by atoms with Gasteiger partial charge in [-0.15, -0.1) is 0 Å². The Bertz CT molecular complexity index is 723. The van der Waals surface area contributed by atoms with Crippen LogP contribution in [0, 0.1) is 6.92 Å². The molecule has 0 spiro atoms. The molecule has 0 unspecified atom stereocenters. The zero-order valence-electron chi connectivity index (χ0n) is 12.7. The predicted octanol–water partition coefficient (Wildman–Crippen LogP) is 2.86. The fourth-order valence-corrected chi connectivity index (χ4v) is 2.65. The van der Waals surface area contributed by atoms with Gasteiger partial charge in [-0.2, -0.15) is 5.10 Å². The van der Waals surface area contributed by atoms with Gasteiger partial charge in [-0.3, -0.25) is 4.68 Å². The van der Waals surface area contributed by atoms with E-state index < -0.39 is 0 Å². The molecule has 110 valence electrons. The Labute approximate surface area is 125 Å². The topological polar surface area (TPSA) is 34.8 Å². The number of hydrogen-bond donors (Lipinski definition) is 1. The van der Waals surface area contributed by atoms with Crippen molar-refractivity contribution >= 4 is 10.9 Å². The lowest BCUT2D eigenvalue weighted by molar-refractivity contribution is 0.589. The first-order chi connectivity index (χ1) is 10.3. The Morgan fingerprint density at radius 2 is 2.05 bits per heavy atom. The van der Waals surface area contributed by atoms with E-state index in [-0.39, 0.29) is 0 Å². The second kappa shape index (κ2) is 6.14. The number of fused-ring (bicyclic) bond motifs is 1. The molecule has 0 aliphatic carbocycles. The molecule has 0 fully saturated rings. The van der Waals surface area contributed by atoms with E-state index in [1.807, 2.05) is 17.9 Å². The zero-order valence-corrected chi connectivity index (χ0v) is 12.7. The number of rotatable bonds is 6. The minimum atomic E-state index is 0.895. The molecule has 4 nitrogen and oxygen atoms in total. The standard InChI is InChI=1S/C17H22N4/c1-14-16(13-19-20(14)2)12-18-9-5-10-21-11-8-15-6-3-4-7-17(15)21/h3-4,6-8,11,13,18H,5,9-10,12H2,1-2H3. The minimum absolute atomic E-state index is 0.895. The van der Waals surface area contributed by atoms with Crippen LogP contribution in [0.15, 0.2) is 42.7 Å². The van der Waals surface area contributed by atoms with Gasteiger partial charge in [0.05, 0.1) is 6.20 Å². The molecule has 0 saturated heterocycles. The maximum Gasteiger partial charge on any atom is 0.0537 e. The summed E-state index contributed by atoms with van der Waals surface area (Å²) in [7, 11) is 1.98. The Balaban J connectivity index is 1.47. The van der Waals surface area contributed by atoms with Crippen molar-refractivity contribution in [2.75, 3.05) is 6.54 Å².